The average Bonchev–Trinajstić information content (AvgIpc) is 2.64. The second-order valence-corrected chi connectivity index (χ2v) is 5.95. The molecule has 2 N–H and O–H groups in total. The second kappa shape index (κ2) is 5.44. The van der Waals surface area contributed by atoms with Crippen molar-refractivity contribution in [1.82, 2.24) is 9.88 Å². The van der Waals surface area contributed by atoms with Crippen LogP contribution in [0.5, 0.6) is 0 Å². The monoisotopic (exact) mass is 255 g/mol. The molecule has 1 aliphatic rings. The van der Waals surface area contributed by atoms with Crippen LogP contribution in [0.15, 0.2) is 5.51 Å². The van der Waals surface area contributed by atoms with Gasteiger partial charge in [-0.05, 0) is 26.8 Å². The van der Waals surface area contributed by atoms with E-state index in [1.807, 2.05) is 5.51 Å². The molecule has 0 atom stereocenters. The van der Waals surface area contributed by atoms with Crippen LogP contribution in [0.2, 0.25) is 0 Å². The molecule has 0 aromatic carbocycles. The Morgan fingerprint density at radius 2 is 2.24 bits per heavy atom. The molecule has 2 rings (SSSR count). The molecule has 0 aliphatic carbocycles. The van der Waals surface area contributed by atoms with Gasteiger partial charge in [0.15, 0.2) is 0 Å². The fraction of sp³-hybridized carbons (Fsp3) is 0.750. The Bertz CT molecular complexity index is 360. The Kier molecular flexibility index (Phi) is 4.14. The van der Waals surface area contributed by atoms with E-state index < -0.39 is 0 Å². The highest BCUT2D eigenvalue weighted by molar-refractivity contribution is 7.09. The Morgan fingerprint density at radius 3 is 2.82 bits per heavy atom. The topological polar surface area (TPSA) is 51.4 Å². The lowest BCUT2D eigenvalue weighted by atomic mass is 9.91. The van der Waals surface area contributed by atoms with Gasteiger partial charge in [0.2, 0.25) is 0 Å². The van der Waals surface area contributed by atoms with Gasteiger partial charge in [-0.2, -0.15) is 0 Å². The molecule has 0 radical (unpaired) electrons. The van der Waals surface area contributed by atoms with Crippen molar-refractivity contribution in [2.45, 2.75) is 31.8 Å². The number of thiazole rings is 1. The first kappa shape index (κ1) is 13.0. The fourth-order valence-electron chi connectivity index (χ4n) is 2.25. The van der Waals surface area contributed by atoms with E-state index in [2.05, 4.69) is 23.9 Å². The number of aryl methyl sites for hydroxylation is 1. The molecule has 17 heavy (non-hydrogen) atoms. The Balaban J connectivity index is 1.88. The SMILES string of the molecule is Cc1ncsc1CN(C)CC1(N)CCOCC1. The summed E-state index contributed by atoms with van der Waals surface area (Å²) in [5.74, 6) is 0. The summed E-state index contributed by atoms with van der Waals surface area (Å²) < 4.78 is 5.37. The van der Waals surface area contributed by atoms with Crippen molar-refractivity contribution in [2.75, 3.05) is 26.8 Å². The van der Waals surface area contributed by atoms with Crippen LogP contribution in [0.4, 0.5) is 0 Å². The Labute approximate surface area is 107 Å². The van der Waals surface area contributed by atoms with Crippen molar-refractivity contribution < 1.29 is 4.74 Å². The molecule has 0 spiro atoms. The molecule has 1 fully saturated rings. The van der Waals surface area contributed by atoms with Crippen molar-refractivity contribution in [3.8, 4) is 0 Å². The molecule has 0 bridgehead atoms. The van der Waals surface area contributed by atoms with Crippen molar-refractivity contribution in [2.24, 2.45) is 5.73 Å². The quantitative estimate of drug-likeness (QED) is 0.883. The summed E-state index contributed by atoms with van der Waals surface area (Å²) in [6.45, 7) is 5.52. The molecular formula is C12H21N3OS. The lowest BCUT2D eigenvalue weighted by Gasteiger charge is -2.36. The van der Waals surface area contributed by atoms with Gasteiger partial charge in [0.1, 0.15) is 0 Å². The van der Waals surface area contributed by atoms with Gasteiger partial charge in [-0.3, -0.25) is 4.90 Å². The molecule has 1 aromatic heterocycles. The number of ether oxygens (including phenoxy) is 1. The maximum absolute atomic E-state index is 6.39. The van der Waals surface area contributed by atoms with Crippen molar-refractivity contribution >= 4 is 11.3 Å². The highest BCUT2D eigenvalue weighted by Crippen LogP contribution is 2.21. The van der Waals surface area contributed by atoms with E-state index >= 15 is 0 Å². The first-order valence-electron chi connectivity index (χ1n) is 6.03. The van der Waals surface area contributed by atoms with Crippen LogP contribution in [-0.4, -0.2) is 42.2 Å². The van der Waals surface area contributed by atoms with Crippen LogP contribution in [-0.2, 0) is 11.3 Å². The van der Waals surface area contributed by atoms with E-state index in [9.17, 15) is 0 Å². The second-order valence-electron chi connectivity index (χ2n) is 5.01. The van der Waals surface area contributed by atoms with Gasteiger partial charge >= 0.3 is 0 Å². The molecule has 1 aliphatic heterocycles. The zero-order valence-electron chi connectivity index (χ0n) is 10.6. The van der Waals surface area contributed by atoms with Crippen LogP contribution < -0.4 is 5.73 Å². The van der Waals surface area contributed by atoms with Gasteiger partial charge in [0, 0.05) is 36.7 Å². The van der Waals surface area contributed by atoms with E-state index in [4.69, 9.17) is 10.5 Å². The summed E-state index contributed by atoms with van der Waals surface area (Å²) in [5, 5.41) is 0. The van der Waals surface area contributed by atoms with Crippen LogP contribution >= 0.6 is 11.3 Å². The standard InChI is InChI=1S/C12H21N3OS/c1-10-11(17-9-14-10)7-15(2)8-12(13)3-5-16-6-4-12/h9H,3-8,13H2,1-2H3. The predicted molar refractivity (Wildman–Crippen MR) is 70.2 cm³/mol. The first-order valence-corrected chi connectivity index (χ1v) is 6.91. The maximum atomic E-state index is 6.39. The van der Waals surface area contributed by atoms with Gasteiger partial charge in [-0.25, -0.2) is 4.98 Å². The Hall–Kier alpha value is -0.490. The molecule has 0 unspecified atom stereocenters. The highest BCUT2D eigenvalue weighted by atomic mass is 32.1. The van der Waals surface area contributed by atoms with Crippen molar-refractivity contribution in [3.63, 3.8) is 0 Å². The minimum Gasteiger partial charge on any atom is -0.381 e. The predicted octanol–water partition coefficient (Wildman–Crippen LogP) is 1.39. The molecule has 2 heterocycles. The minimum absolute atomic E-state index is 0.0778. The van der Waals surface area contributed by atoms with Crippen LogP contribution in [0.1, 0.15) is 23.4 Å². The van der Waals surface area contributed by atoms with Gasteiger partial charge in [0.05, 0.1) is 11.2 Å². The molecule has 1 saturated heterocycles. The lowest BCUT2D eigenvalue weighted by Crippen LogP contribution is -2.52. The zero-order chi connectivity index (χ0) is 12.3. The third-order valence-corrected chi connectivity index (χ3v) is 4.25. The van der Waals surface area contributed by atoms with E-state index in [0.717, 1.165) is 44.8 Å². The van der Waals surface area contributed by atoms with E-state index in [1.165, 1.54) is 4.88 Å². The van der Waals surface area contributed by atoms with E-state index in [-0.39, 0.29) is 5.54 Å². The minimum atomic E-state index is -0.0778. The summed E-state index contributed by atoms with van der Waals surface area (Å²) in [6.07, 6.45) is 1.91. The van der Waals surface area contributed by atoms with Crippen molar-refractivity contribution in [1.29, 1.82) is 0 Å². The number of rotatable bonds is 4. The van der Waals surface area contributed by atoms with Gasteiger partial charge in [-0.1, -0.05) is 0 Å². The van der Waals surface area contributed by atoms with Gasteiger partial charge < -0.3 is 10.5 Å². The maximum Gasteiger partial charge on any atom is 0.0798 e. The Morgan fingerprint density at radius 1 is 1.53 bits per heavy atom. The van der Waals surface area contributed by atoms with Crippen LogP contribution in [0, 0.1) is 6.92 Å². The van der Waals surface area contributed by atoms with E-state index in [0.29, 0.717) is 0 Å². The summed E-state index contributed by atoms with van der Waals surface area (Å²) in [7, 11) is 2.13. The fourth-order valence-corrected chi connectivity index (χ4v) is 3.11. The number of hydrogen-bond donors (Lipinski definition) is 1. The lowest BCUT2D eigenvalue weighted by molar-refractivity contribution is 0.0403. The molecule has 96 valence electrons. The normalized spacial score (nSPS) is 19.8. The molecule has 1 aromatic rings. The van der Waals surface area contributed by atoms with Crippen LogP contribution in [0.25, 0.3) is 0 Å². The smallest absolute Gasteiger partial charge is 0.0798 e. The van der Waals surface area contributed by atoms with Gasteiger partial charge in [-0.15, -0.1) is 11.3 Å². The number of likely N-dealkylation sites (N-methyl/N-ethyl adjacent to an activating group) is 1. The summed E-state index contributed by atoms with van der Waals surface area (Å²) >= 11 is 1.72. The summed E-state index contributed by atoms with van der Waals surface area (Å²) in [6, 6.07) is 0. The van der Waals surface area contributed by atoms with Crippen molar-refractivity contribution in [3.05, 3.63) is 16.1 Å². The van der Waals surface area contributed by atoms with E-state index in [1.54, 1.807) is 11.3 Å². The zero-order valence-corrected chi connectivity index (χ0v) is 11.4. The molecular weight excluding hydrogens is 234 g/mol. The highest BCUT2D eigenvalue weighted by Gasteiger charge is 2.29. The molecule has 4 nitrogen and oxygen atoms in total. The first-order chi connectivity index (χ1) is 8.09. The average molecular weight is 255 g/mol. The molecule has 5 heteroatoms. The number of nitrogens with two attached hydrogens (primary N) is 1. The number of nitrogens with zero attached hydrogens (tertiary/aromatic N) is 2. The largest absolute Gasteiger partial charge is 0.381 e. The summed E-state index contributed by atoms with van der Waals surface area (Å²) in [5.41, 5.74) is 9.36. The third kappa shape index (κ3) is 3.48. The van der Waals surface area contributed by atoms with Crippen LogP contribution in [0.3, 0.4) is 0 Å². The molecule has 0 saturated carbocycles. The molecule has 0 amide bonds. The third-order valence-electron chi connectivity index (χ3n) is 3.33. The number of hydrogen-bond acceptors (Lipinski definition) is 5. The number of aromatic nitrogens is 1. The van der Waals surface area contributed by atoms with Gasteiger partial charge in [0.25, 0.3) is 0 Å². The summed E-state index contributed by atoms with van der Waals surface area (Å²) in [4.78, 5) is 7.91.